The Morgan fingerprint density at radius 2 is 2.21 bits per heavy atom. The molecule has 2 aromatic rings. The van der Waals surface area contributed by atoms with Crippen molar-refractivity contribution in [2.75, 3.05) is 6.54 Å². The quantitative estimate of drug-likeness (QED) is 0.803. The summed E-state index contributed by atoms with van der Waals surface area (Å²) in [4.78, 5) is 11.7. The van der Waals surface area contributed by atoms with Crippen molar-refractivity contribution in [3.63, 3.8) is 0 Å². The van der Waals surface area contributed by atoms with Crippen molar-refractivity contribution >= 4 is 17.2 Å². The smallest absolute Gasteiger partial charge is 0.258 e. The third kappa shape index (κ3) is 3.10. The van der Waals surface area contributed by atoms with E-state index in [1.165, 1.54) is 23.5 Å². The van der Waals surface area contributed by atoms with Gasteiger partial charge < -0.3 is 15.5 Å². The van der Waals surface area contributed by atoms with Gasteiger partial charge in [-0.2, -0.15) is 11.3 Å². The maximum atomic E-state index is 13.4. The molecule has 100 valence electrons. The minimum absolute atomic E-state index is 0.0522. The number of benzene rings is 1. The Bertz CT molecular complexity index is 551. The highest BCUT2D eigenvalue weighted by molar-refractivity contribution is 7.07. The number of phenolic OH excluding ortho intramolecular Hbond substituents is 1. The van der Waals surface area contributed by atoms with Crippen molar-refractivity contribution < 1.29 is 19.4 Å². The number of hydrogen-bond donors (Lipinski definition) is 3. The van der Waals surface area contributed by atoms with Gasteiger partial charge in [-0.05, 0) is 34.5 Å². The fourth-order valence-corrected chi connectivity index (χ4v) is 2.30. The van der Waals surface area contributed by atoms with Gasteiger partial charge in [0.2, 0.25) is 0 Å². The second-order valence-corrected chi connectivity index (χ2v) is 4.70. The number of aromatic hydroxyl groups is 1. The first kappa shape index (κ1) is 13.5. The SMILES string of the molecule is O=C(NCC(O)c1ccsc1)c1c(O)cccc1F. The summed E-state index contributed by atoms with van der Waals surface area (Å²) in [5.74, 6) is -1.99. The molecule has 0 aliphatic rings. The molecule has 6 heteroatoms. The number of carbonyl (C=O) groups excluding carboxylic acids is 1. The standard InChI is InChI=1S/C13H12FNO3S/c14-9-2-1-3-10(16)12(9)13(18)15-6-11(17)8-4-5-19-7-8/h1-5,7,11,16-17H,6H2,(H,15,18). The molecule has 1 heterocycles. The number of carbonyl (C=O) groups is 1. The summed E-state index contributed by atoms with van der Waals surface area (Å²) in [7, 11) is 0. The maximum Gasteiger partial charge on any atom is 0.258 e. The molecule has 2 rings (SSSR count). The van der Waals surface area contributed by atoms with Gasteiger partial charge >= 0.3 is 0 Å². The number of aliphatic hydroxyl groups excluding tert-OH is 1. The molecule has 1 amide bonds. The van der Waals surface area contributed by atoms with Gasteiger partial charge in [0, 0.05) is 6.54 Å². The Labute approximate surface area is 113 Å². The predicted octanol–water partition coefficient (Wildman–Crippen LogP) is 2.06. The van der Waals surface area contributed by atoms with Crippen LogP contribution in [-0.4, -0.2) is 22.7 Å². The van der Waals surface area contributed by atoms with Crippen LogP contribution < -0.4 is 5.32 Å². The van der Waals surface area contributed by atoms with Gasteiger partial charge in [0.15, 0.2) is 0 Å². The third-order valence-corrected chi connectivity index (χ3v) is 3.30. The highest BCUT2D eigenvalue weighted by Gasteiger charge is 2.17. The summed E-state index contributed by atoms with van der Waals surface area (Å²) in [5.41, 5.74) is 0.267. The van der Waals surface area contributed by atoms with Crippen LogP contribution in [-0.2, 0) is 0 Å². The number of rotatable bonds is 4. The summed E-state index contributed by atoms with van der Waals surface area (Å²) >= 11 is 1.43. The van der Waals surface area contributed by atoms with Crippen molar-refractivity contribution in [2.45, 2.75) is 6.10 Å². The van der Waals surface area contributed by atoms with Gasteiger partial charge in [-0.3, -0.25) is 4.79 Å². The number of halogens is 1. The minimum Gasteiger partial charge on any atom is -0.507 e. The molecule has 0 aliphatic heterocycles. The number of phenols is 1. The van der Waals surface area contributed by atoms with E-state index in [2.05, 4.69) is 5.32 Å². The average Bonchev–Trinajstić information content (AvgIpc) is 2.89. The summed E-state index contributed by atoms with van der Waals surface area (Å²) in [6.45, 7) is -0.0522. The normalized spacial score (nSPS) is 12.1. The van der Waals surface area contributed by atoms with Gasteiger partial charge in [-0.25, -0.2) is 4.39 Å². The van der Waals surface area contributed by atoms with Crippen LogP contribution in [0.4, 0.5) is 4.39 Å². The second-order valence-electron chi connectivity index (χ2n) is 3.92. The van der Waals surface area contributed by atoms with Crippen LogP contribution in [0.2, 0.25) is 0 Å². The lowest BCUT2D eigenvalue weighted by atomic mass is 10.1. The van der Waals surface area contributed by atoms with E-state index in [4.69, 9.17) is 0 Å². The molecule has 0 fully saturated rings. The Balaban J connectivity index is 2.02. The summed E-state index contributed by atoms with van der Waals surface area (Å²) in [5, 5.41) is 25.2. The van der Waals surface area contributed by atoms with E-state index in [9.17, 15) is 19.4 Å². The molecule has 4 nitrogen and oxygen atoms in total. The molecular formula is C13H12FNO3S. The van der Waals surface area contributed by atoms with Crippen molar-refractivity contribution in [1.29, 1.82) is 0 Å². The van der Waals surface area contributed by atoms with Crippen LogP contribution >= 0.6 is 11.3 Å². The fraction of sp³-hybridized carbons (Fsp3) is 0.154. The summed E-state index contributed by atoms with van der Waals surface area (Å²) in [6, 6.07) is 5.36. The molecule has 0 saturated carbocycles. The van der Waals surface area contributed by atoms with Crippen molar-refractivity contribution in [3.05, 3.63) is 52.0 Å². The van der Waals surface area contributed by atoms with E-state index in [1.54, 1.807) is 11.4 Å². The fourth-order valence-electron chi connectivity index (χ4n) is 1.60. The summed E-state index contributed by atoms with van der Waals surface area (Å²) < 4.78 is 13.4. The molecule has 19 heavy (non-hydrogen) atoms. The number of nitrogens with one attached hydrogen (secondary N) is 1. The van der Waals surface area contributed by atoms with E-state index in [0.717, 1.165) is 6.07 Å². The molecule has 1 unspecified atom stereocenters. The first-order valence-electron chi connectivity index (χ1n) is 5.55. The van der Waals surface area contributed by atoms with E-state index in [0.29, 0.717) is 5.56 Å². The van der Waals surface area contributed by atoms with Crippen LogP contribution in [0, 0.1) is 5.82 Å². The predicted molar refractivity (Wildman–Crippen MR) is 69.7 cm³/mol. The molecule has 1 aromatic carbocycles. The Kier molecular flexibility index (Phi) is 4.13. The lowest BCUT2D eigenvalue weighted by Gasteiger charge is -2.11. The molecule has 0 radical (unpaired) electrons. The topological polar surface area (TPSA) is 69.6 Å². The van der Waals surface area contributed by atoms with Crippen molar-refractivity contribution in [3.8, 4) is 5.75 Å². The second kappa shape index (κ2) is 5.81. The number of thiophene rings is 1. The Hall–Kier alpha value is -1.92. The molecule has 0 aliphatic carbocycles. The molecule has 3 N–H and O–H groups in total. The largest absolute Gasteiger partial charge is 0.507 e. The molecular weight excluding hydrogens is 269 g/mol. The lowest BCUT2D eigenvalue weighted by Crippen LogP contribution is -2.29. The van der Waals surface area contributed by atoms with Crippen LogP contribution in [0.25, 0.3) is 0 Å². The van der Waals surface area contributed by atoms with Gasteiger partial charge in [-0.15, -0.1) is 0 Å². The van der Waals surface area contributed by atoms with Crippen LogP contribution in [0.3, 0.4) is 0 Å². The van der Waals surface area contributed by atoms with Crippen molar-refractivity contribution in [2.24, 2.45) is 0 Å². The minimum atomic E-state index is -0.857. The van der Waals surface area contributed by atoms with Crippen LogP contribution in [0.1, 0.15) is 22.0 Å². The van der Waals surface area contributed by atoms with Crippen molar-refractivity contribution in [1.82, 2.24) is 5.32 Å². The zero-order valence-corrected chi connectivity index (χ0v) is 10.7. The maximum absolute atomic E-state index is 13.4. The molecule has 0 spiro atoms. The van der Waals surface area contributed by atoms with E-state index >= 15 is 0 Å². The first-order valence-corrected chi connectivity index (χ1v) is 6.49. The van der Waals surface area contributed by atoms with Gasteiger partial charge in [0.1, 0.15) is 17.1 Å². The first-order chi connectivity index (χ1) is 9.09. The highest BCUT2D eigenvalue weighted by atomic mass is 32.1. The Morgan fingerprint density at radius 1 is 1.42 bits per heavy atom. The molecule has 1 atom stereocenters. The Morgan fingerprint density at radius 3 is 2.84 bits per heavy atom. The third-order valence-electron chi connectivity index (χ3n) is 2.60. The number of aliphatic hydroxyl groups is 1. The summed E-state index contributed by atoms with van der Waals surface area (Å²) in [6.07, 6.45) is -0.857. The van der Waals surface area contributed by atoms with E-state index < -0.39 is 29.1 Å². The molecule has 1 aromatic heterocycles. The zero-order chi connectivity index (χ0) is 13.8. The van der Waals surface area contributed by atoms with E-state index in [1.807, 2.05) is 5.38 Å². The van der Waals surface area contributed by atoms with Crippen LogP contribution in [0.15, 0.2) is 35.0 Å². The molecule has 0 bridgehead atoms. The average molecular weight is 281 g/mol. The number of amides is 1. The highest BCUT2D eigenvalue weighted by Crippen LogP contribution is 2.20. The monoisotopic (exact) mass is 281 g/mol. The lowest BCUT2D eigenvalue weighted by molar-refractivity contribution is 0.0909. The van der Waals surface area contributed by atoms with Gasteiger partial charge in [0.25, 0.3) is 5.91 Å². The van der Waals surface area contributed by atoms with E-state index in [-0.39, 0.29) is 6.54 Å². The number of hydrogen-bond acceptors (Lipinski definition) is 4. The zero-order valence-electron chi connectivity index (χ0n) is 9.84. The molecule has 0 saturated heterocycles. The van der Waals surface area contributed by atoms with Crippen LogP contribution in [0.5, 0.6) is 5.75 Å². The van der Waals surface area contributed by atoms with Gasteiger partial charge in [-0.1, -0.05) is 6.07 Å². The van der Waals surface area contributed by atoms with Gasteiger partial charge in [0.05, 0.1) is 6.10 Å².